The lowest BCUT2D eigenvalue weighted by Gasteiger charge is -2.32. The molecule has 1 fully saturated rings. The van der Waals surface area contributed by atoms with Crippen LogP contribution in [0.1, 0.15) is 54.1 Å². The highest BCUT2D eigenvalue weighted by Crippen LogP contribution is 2.31. The van der Waals surface area contributed by atoms with E-state index in [0.29, 0.717) is 28.7 Å². The van der Waals surface area contributed by atoms with E-state index in [1.165, 1.54) is 0 Å². The van der Waals surface area contributed by atoms with Crippen molar-refractivity contribution < 1.29 is 9.90 Å². The third kappa shape index (κ3) is 4.63. The van der Waals surface area contributed by atoms with Crippen LogP contribution in [0.3, 0.4) is 0 Å². The average molecular weight is 488 g/mol. The minimum absolute atomic E-state index is 0.0559. The van der Waals surface area contributed by atoms with Gasteiger partial charge in [0.25, 0.3) is 5.91 Å². The fourth-order valence-corrected chi connectivity index (χ4v) is 4.99. The highest BCUT2D eigenvalue weighted by molar-refractivity contribution is 6.02. The lowest BCUT2D eigenvalue weighted by atomic mass is 9.91. The molecule has 9 nitrogen and oxygen atoms in total. The van der Waals surface area contributed by atoms with Gasteiger partial charge < -0.3 is 10.0 Å². The van der Waals surface area contributed by atoms with E-state index in [4.69, 9.17) is 5.10 Å². The number of aliphatic hydroxyl groups is 1. The molecule has 1 N–H and O–H groups in total. The third-order valence-electron chi connectivity index (χ3n) is 7.04. The van der Waals surface area contributed by atoms with Crippen LogP contribution < -0.4 is 0 Å². The number of hydrogen-bond acceptors (Lipinski definition) is 6. The maximum atomic E-state index is 13.6. The van der Waals surface area contributed by atoms with Gasteiger partial charge in [0.2, 0.25) is 0 Å². The summed E-state index contributed by atoms with van der Waals surface area (Å²) >= 11 is 0. The molecule has 3 aromatic heterocycles. The van der Waals surface area contributed by atoms with Crippen LogP contribution in [0.15, 0.2) is 36.7 Å². The number of aromatic nitrogens is 6. The monoisotopic (exact) mass is 487 g/mol. The van der Waals surface area contributed by atoms with E-state index in [-0.39, 0.29) is 5.91 Å². The van der Waals surface area contributed by atoms with Crippen molar-refractivity contribution in [3.63, 3.8) is 0 Å². The predicted molar refractivity (Wildman–Crippen MR) is 137 cm³/mol. The van der Waals surface area contributed by atoms with E-state index in [1.807, 2.05) is 48.9 Å². The molecule has 0 spiro atoms. The highest BCUT2D eigenvalue weighted by Gasteiger charge is 2.27. The molecule has 0 saturated carbocycles. The quantitative estimate of drug-likeness (QED) is 0.463. The van der Waals surface area contributed by atoms with Gasteiger partial charge in [0, 0.05) is 50.5 Å². The number of fused-ring (bicyclic) bond motifs is 1. The number of carbonyl (C=O) groups excluding carboxylic acids is 1. The first-order valence-electron chi connectivity index (χ1n) is 12.4. The number of piperidine rings is 1. The summed E-state index contributed by atoms with van der Waals surface area (Å²) in [7, 11) is 3.83. The molecule has 0 unspecified atom stereocenters. The second kappa shape index (κ2) is 9.13. The van der Waals surface area contributed by atoms with Crippen LogP contribution in [-0.2, 0) is 26.1 Å². The van der Waals surface area contributed by atoms with Gasteiger partial charge in [0.05, 0.1) is 16.9 Å². The minimum atomic E-state index is -1.17. The lowest BCUT2D eigenvalue weighted by molar-refractivity contribution is 0.0683. The SMILES string of the molecule is Cc1cc2c(cc1C(=O)N1CCC(Cc3ccn(C)n3)CC1)c(-c1ccnc(C(C)(C)O)n1)nn2C. The molecule has 4 heterocycles. The third-order valence-corrected chi connectivity index (χ3v) is 7.04. The normalized spacial score (nSPS) is 15.1. The van der Waals surface area contributed by atoms with Crippen LogP contribution in [-0.4, -0.2) is 58.5 Å². The number of rotatable bonds is 5. The topological polar surface area (TPSA) is 102 Å². The van der Waals surface area contributed by atoms with Crippen LogP contribution in [0.5, 0.6) is 0 Å². The number of carbonyl (C=O) groups is 1. The van der Waals surface area contributed by atoms with Gasteiger partial charge in [-0.05, 0) is 75.8 Å². The van der Waals surface area contributed by atoms with Crippen LogP contribution in [0, 0.1) is 12.8 Å². The molecule has 4 aromatic rings. The Kier molecular flexibility index (Phi) is 6.12. The Morgan fingerprint density at radius 2 is 1.89 bits per heavy atom. The van der Waals surface area contributed by atoms with Crippen molar-refractivity contribution in [1.82, 2.24) is 34.4 Å². The zero-order valence-corrected chi connectivity index (χ0v) is 21.6. The zero-order chi connectivity index (χ0) is 25.6. The minimum Gasteiger partial charge on any atom is -0.382 e. The van der Waals surface area contributed by atoms with E-state index >= 15 is 0 Å². The molecular formula is C27H33N7O2. The fourth-order valence-electron chi connectivity index (χ4n) is 4.99. The summed E-state index contributed by atoms with van der Waals surface area (Å²) in [5.74, 6) is 0.927. The molecule has 9 heteroatoms. The van der Waals surface area contributed by atoms with E-state index in [2.05, 4.69) is 21.1 Å². The van der Waals surface area contributed by atoms with Gasteiger partial charge in [0.1, 0.15) is 11.3 Å². The number of benzene rings is 1. The number of nitrogens with zero attached hydrogens (tertiary/aromatic N) is 7. The molecule has 5 rings (SSSR count). The summed E-state index contributed by atoms with van der Waals surface area (Å²) < 4.78 is 3.65. The molecule has 1 aromatic carbocycles. The predicted octanol–water partition coefficient (Wildman–Crippen LogP) is 3.39. The Morgan fingerprint density at radius 1 is 1.14 bits per heavy atom. The second-order valence-corrected chi connectivity index (χ2v) is 10.4. The Hall–Kier alpha value is -3.59. The first-order valence-corrected chi connectivity index (χ1v) is 12.4. The molecule has 0 aliphatic carbocycles. The van der Waals surface area contributed by atoms with Gasteiger partial charge in [-0.1, -0.05) is 0 Å². The van der Waals surface area contributed by atoms with Crippen LogP contribution in [0.25, 0.3) is 22.3 Å². The lowest BCUT2D eigenvalue weighted by Crippen LogP contribution is -2.39. The van der Waals surface area contributed by atoms with E-state index in [1.54, 1.807) is 30.8 Å². The van der Waals surface area contributed by atoms with Crippen LogP contribution in [0.2, 0.25) is 0 Å². The van der Waals surface area contributed by atoms with Crippen molar-refractivity contribution in [2.24, 2.45) is 20.0 Å². The molecule has 188 valence electrons. The number of hydrogen-bond donors (Lipinski definition) is 1. The number of amides is 1. The molecular weight excluding hydrogens is 454 g/mol. The highest BCUT2D eigenvalue weighted by atomic mass is 16.3. The fraction of sp³-hybridized carbons (Fsp3) is 0.444. The first-order chi connectivity index (χ1) is 17.1. The molecule has 1 aliphatic heterocycles. The summed E-state index contributed by atoms with van der Waals surface area (Å²) in [4.78, 5) is 24.4. The average Bonchev–Trinajstić information content (AvgIpc) is 3.40. The molecule has 36 heavy (non-hydrogen) atoms. The first kappa shape index (κ1) is 24.1. The molecule has 0 bridgehead atoms. The Balaban J connectivity index is 1.40. The zero-order valence-electron chi connectivity index (χ0n) is 21.6. The maximum absolute atomic E-state index is 13.6. The summed E-state index contributed by atoms with van der Waals surface area (Å²) in [6.07, 6.45) is 6.52. The molecule has 1 aliphatic rings. The van der Waals surface area contributed by atoms with Gasteiger partial charge in [-0.3, -0.25) is 14.2 Å². The second-order valence-electron chi connectivity index (χ2n) is 10.4. The standard InChI is InChI=1S/C27H33N7O2/c1-17-14-23-21(24(31-33(23)5)22-6-10-28-26(29-22)27(2,3)36)16-20(17)25(35)34-12-7-18(8-13-34)15-19-9-11-32(4)30-19/h6,9-11,14,16,18,36H,7-8,12-13,15H2,1-5H3. The van der Waals surface area contributed by atoms with Crippen molar-refractivity contribution >= 4 is 16.8 Å². The van der Waals surface area contributed by atoms with Crippen molar-refractivity contribution in [3.8, 4) is 11.4 Å². The van der Waals surface area contributed by atoms with Crippen molar-refractivity contribution in [2.45, 2.75) is 45.6 Å². The van der Waals surface area contributed by atoms with Crippen molar-refractivity contribution in [3.05, 3.63) is 59.3 Å². The van der Waals surface area contributed by atoms with Gasteiger partial charge >= 0.3 is 0 Å². The number of aryl methyl sites for hydroxylation is 3. The summed E-state index contributed by atoms with van der Waals surface area (Å²) in [5.41, 5.74) is 3.78. The molecule has 1 amide bonds. The van der Waals surface area contributed by atoms with Crippen LogP contribution >= 0.6 is 0 Å². The Labute approximate surface area is 210 Å². The molecule has 1 saturated heterocycles. The largest absolute Gasteiger partial charge is 0.382 e. The van der Waals surface area contributed by atoms with Gasteiger partial charge in [-0.15, -0.1) is 0 Å². The van der Waals surface area contributed by atoms with E-state index in [0.717, 1.165) is 54.5 Å². The summed E-state index contributed by atoms with van der Waals surface area (Å²) in [6, 6.07) is 7.82. The van der Waals surface area contributed by atoms with E-state index < -0.39 is 5.60 Å². The molecule has 0 atom stereocenters. The summed E-state index contributed by atoms with van der Waals surface area (Å²) in [5, 5.41) is 20.4. The Morgan fingerprint density at radius 3 is 2.56 bits per heavy atom. The molecule has 0 radical (unpaired) electrons. The van der Waals surface area contributed by atoms with Crippen molar-refractivity contribution in [1.29, 1.82) is 0 Å². The van der Waals surface area contributed by atoms with Gasteiger partial charge in [-0.2, -0.15) is 10.2 Å². The summed E-state index contributed by atoms with van der Waals surface area (Å²) in [6.45, 7) is 6.78. The van der Waals surface area contributed by atoms with Gasteiger partial charge in [-0.25, -0.2) is 9.97 Å². The van der Waals surface area contributed by atoms with Crippen LogP contribution in [0.4, 0.5) is 0 Å². The smallest absolute Gasteiger partial charge is 0.254 e. The van der Waals surface area contributed by atoms with Crippen molar-refractivity contribution in [2.75, 3.05) is 13.1 Å². The maximum Gasteiger partial charge on any atom is 0.254 e. The van der Waals surface area contributed by atoms with E-state index in [9.17, 15) is 9.90 Å². The Bertz CT molecular complexity index is 1420. The number of likely N-dealkylation sites (tertiary alicyclic amines) is 1. The van der Waals surface area contributed by atoms with Gasteiger partial charge in [0.15, 0.2) is 5.82 Å².